The average molecular weight is 1010 g/mol. The number of carbonyl (C=O) groups is 11. The van der Waals surface area contributed by atoms with Gasteiger partial charge in [-0.3, -0.25) is 52.7 Å². The first-order chi connectivity index (χ1) is 32.5. The Morgan fingerprint density at radius 1 is 0.783 bits per heavy atom. The van der Waals surface area contributed by atoms with Crippen molar-refractivity contribution in [1.29, 1.82) is 0 Å². The largest absolute Gasteiger partial charge is 0.508 e. The fourth-order valence-corrected chi connectivity index (χ4v) is 9.62. The molecule has 1 aromatic rings. The number of nitrogens with one attached hydrogen (secondary N) is 7. The zero-order chi connectivity index (χ0) is 51.5. The van der Waals surface area contributed by atoms with E-state index in [1.165, 1.54) is 29.2 Å². The summed E-state index contributed by atoms with van der Waals surface area (Å²) in [6.45, 7) is 6.60. The Bertz CT molecular complexity index is 2050. The highest BCUT2D eigenvalue weighted by molar-refractivity contribution is 8.76. The van der Waals surface area contributed by atoms with Gasteiger partial charge < -0.3 is 70.2 Å². The molecule has 0 aromatic heterocycles. The van der Waals surface area contributed by atoms with Crippen LogP contribution in [0, 0.1) is 11.8 Å². The Labute approximate surface area is 407 Å². The molecule has 16 N–H and O–H groups in total. The number of likely N-dealkylation sites (tertiary alicyclic amines) is 1. The van der Waals surface area contributed by atoms with Crippen molar-refractivity contribution in [2.75, 3.05) is 24.6 Å². The Balaban J connectivity index is 2.05. The minimum Gasteiger partial charge on any atom is -0.508 e. The molecule has 0 spiro atoms. The van der Waals surface area contributed by atoms with Crippen LogP contribution < -0.4 is 60.2 Å². The van der Waals surface area contributed by atoms with Crippen LogP contribution in [0.4, 0.5) is 0 Å². The van der Waals surface area contributed by atoms with Gasteiger partial charge in [0.25, 0.3) is 0 Å². The van der Waals surface area contributed by atoms with Gasteiger partial charge in [-0.05, 0) is 55.2 Å². The van der Waals surface area contributed by atoms with E-state index in [1.807, 2.05) is 13.8 Å². The normalized spacial score (nSPS) is 24.3. The minimum absolute atomic E-state index is 0.0468. The number of carbonyl (C=O) groups excluding carboxylic acids is 11. The van der Waals surface area contributed by atoms with Crippen molar-refractivity contribution >= 4 is 86.6 Å². The lowest BCUT2D eigenvalue weighted by atomic mass is 9.96. The number of nitrogens with two attached hydrogens (primary N) is 4. The Morgan fingerprint density at radius 3 is 2.00 bits per heavy atom. The topological polar surface area (TPSA) is 400 Å². The highest BCUT2D eigenvalue weighted by Crippen LogP contribution is 2.26. The maximum atomic E-state index is 14.5. The van der Waals surface area contributed by atoms with E-state index in [2.05, 4.69) is 37.2 Å². The summed E-state index contributed by atoms with van der Waals surface area (Å²) in [6, 6.07) is -5.05. The summed E-state index contributed by atoms with van der Waals surface area (Å²) in [4.78, 5) is 148. The fourth-order valence-electron chi connectivity index (χ4n) is 7.34. The second kappa shape index (κ2) is 27.7. The summed E-state index contributed by atoms with van der Waals surface area (Å²) < 4.78 is 0. The van der Waals surface area contributed by atoms with E-state index in [0.717, 1.165) is 21.6 Å². The van der Waals surface area contributed by atoms with E-state index in [0.29, 0.717) is 18.4 Å². The van der Waals surface area contributed by atoms with Crippen LogP contribution in [-0.4, -0.2) is 148 Å². The van der Waals surface area contributed by atoms with Crippen LogP contribution in [0.2, 0.25) is 0 Å². The van der Waals surface area contributed by atoms with Gasteiger partial charge in [0.05, 0.1) is 19.0 Å². The second-order valence-electron chi connectivity index (χ2n) is 17.4. The number of benzene rings is 1. The van der Waals surface area contributed by atoms with Crippen LogP contribution in [0.15, 0.2) is 24.3 Å². The Kier molecular flexibility index (Phi) is 23.0. The standard InChI is InChI=1S/C43H66N12O12S2/c1-5-22(4)35-42(66)49-26(12-13-32(45)57)38(62)51-29(17-33(46)58)39(63)53-30(20-69-68-19-25(44)36(60)50-28(40(64)54-35)16-23-8-10-24(56)11-9-23)43(67)55-14-6-7-31(55)41(65)52-27(15-21(2)3)37(61)48-18-34(47)59/h8-11,21-22,25-31,35,56H,5-7,12-20,44H2,1-4H3,(H2,45,57)(H2,46,58)(H2,47,59)(H,48,61)(H,49,66)(H,50,60)(H,51,62)(H,52,65)(H,53,63)(H,54,64)/t22?,25-,26-,27-,28-,29-,30-,31?,35-/m0/s1. The Hall–Kier alpha value is -6.15. The Morgan fingerprint density at radius 2 is 1.39 bits per heavy atom. The number of rotatable bonds is 17. The quantitative estimate of drug-likeness (QED) is 0.0671. The van der Waals surface area contributed by atoms with Gasteiger partial charge in [-0.15, -0.1) is 0 Å². The molecule has 382 valence electrons. The average Bonchev–Trinajstić information content (AvgIpc) is 3.78. The summed E-state index contributed by atoms with van der Waals surface area (Å²) >= 11 is 0. The first-order valence-electron chi connectivity index (χ1n) is 22.5. The van der Waals surface area contributed by atoms with E-state index in [9.17, 15) is 57.8 Å². The molecule has 1 aromatic carbocycles. The predicted molar refractivity (Wildman–Crippen MR) is 254 cm³/mol. The first kappa shape index (κ1) is 57.2. The highest BCUT2D eigenvalue weighted by Gasteiger charge is 2.41. The van der Waals surface area contributed by atoms with Gasteiger partial charge in [-0.1, -0.05) is 67.8 Å². The van der Waals surface area contributed by atoms with Gasteiger partial charge in [0.15, 0.2) is 0 Å². The molecule has 2 aliphatic rings. The van der Waals surface area contributed by atoms with Gasteiger partial charge >= 0.3 is 0 Å². The van der Waals surface area contributed by atoms with Crippen molar-refractivity contribution in [1.82, 2.24) is 42.1 Å². The summed E-state index contributed by atoms with van der Waals surface area (Å²) in [5, 5.41) is 27.7. The zero-order valence-corrected chi connectivity index (χ0v) is 40.7. The van der Waals surface area contributed by atoms with E-state index in [-0.39, 0.29) is 49.0 Å². The third-order valence-electron chi connectivity index (χ3n) is 11.3. The van der Waals surface area contributed by atoms with E-state index >= 15 is 0 Å². The van der Waals surface area contributed by atoms with Gasteiger partial charge in [-0.25, -0.2) is 0 Å². The third-order valence-corrected chi connectivity index (χ3v) is 13.7. The predicted octanol–water partition coefficient (Wildman–Crippen LogP) is -3.61. The monoisotopic (exact) mass is 1010 g/mol. The molecule has 2 heterocycles. The van der Waals surface area contributed by atoms with E-state index in [4.69, 9.17) is 22.9 Å². The van der Waals surface area contributed by atoms with Gasteiger partial charge in [0, 0.05) is 30.9 Å². The molecule has 9 atom stereocenters. The summed E-state index contributed by atoms with van der Waals surface area (Å²) in [7, 11) is 2.05. The summed E-state index contributed by atoms with van der Waals surface area (Å²) in [5.41, 5.74) is 22.9. The molecule has 2 saturated heterocycles. The molecule has 11 amide bonds. The lowest BCUT2D eigenvalue weighted by Crippen LogP contribution is -2.61. The molecule has 2 aliphatic heterocycles. The lowest BCUT2D eigenvalue weighted by molar-refractivity contribution is -0.142. The smallest absolute Gasteiger partial charge is 0.246 e. The number of phenols is 1. The third kappa shape index (κ3) is 18.7. The molecule has 3 rings (SSSR count). The van der Waals surface area contributed by atoms with Crippen LogP contribution in [0.5, 0.6) is 5.75 Å². The summed E-state index contributed by atoms with van der Waals surface area (Å²) in [5.74, 6) is -10.4. The van der Waals surface area contributed by atoms with E-state index < -0.39 is 145 Å². The number of primary amides is 3. The number of nitrogens with zero attached hydrogens (tertiary/aromatic N) is 1. The molecular formula is C43H66N12O12S2. The van der Waals surface area contributed by atoms with Crippen molar-refractivity contribution in [2.24, 2.45) is 34.8 Å². The minimum atomic E-state index is -1.75. The molecule has 2 unspecified atom stereocenters. The maximum Gasteiger partial charge on any atom is 0.246 e. The molecular weight excluding hydrogens is 941 g/mol. The van der Waals surface area contributed by atoms with Gasteiger partial charge in [-0.2, -0.15) is 0 Å². The first-order valence-corrected chi connectivity index (χ1v) is 25.0. The zero-order valence-electron chi connectivity index (χ0n) is 39.1. The number of amides is 11. The molecule has 26 heteroatoms. The lowest BCUT2D eigenvalue weighted by Gasteiger charge is -2.31. The molecule has 0 radical (unpaired) electrons. The fraction of sp³-hybridized carbons (Fsp3) is 0.605. The van der Waals surface area contributed by atoms with Crippen LogP contribution in [0.25, 0.3) is 0 Å². The van der Waals surface area contributed by atoms with Gasteiger partial charge in [0.1, 0.15) is 48.0 Å². The number of hydrogen-bond acceptors (Lipinski definition) is 15. The van der Waals surface area contributed by atoms with Gasteiger partial charge in [0.2, 0.25) is 65.0 Å². The van der Waals surface area contributed by atoms with Crippen LogP contribution in [0.1, 0.15) is 78.2 Å². The molecule has 2 fully saturated rings. The van der Waals surface area contributed by atoms with E-state index in [1.54, 1.807) is 13.8 Å². The molecule has 0 bridgehead atoms. The van der Waals surface area contributed by atoms with Crippen molar-refractivity contribution in [2.45, 2.75) is 127 Å². The van der Waals surface area contributed by atoms with Crippen molar-refractivity contribution < 1.29 is 57.8 Å². The molecule has 0 aliphatic carbocycles. The maximum absolute atomic E-state index is 14.5. The second-order valence-corrected chi connectivity index (χ2v) is 20.0. The number of phenolic OH excluding ortho intramolecular Hbond substituents is 1. The van der Waals surface area contributed by atoms with Crippen LogP contribution in [0.3, 0.4) is 0 Å². The number of aromatic hydroxyl groups is 1. The number of hydrogen-bond donors (Lipinski definition) is 12. The highest BCUT2D eigenvalue weighted by atomic mass is 33.1. The molecule has 0 saturated carbocycles. The summed E-state index contributed by atoms with van der Waals surface area (Å²) in [6.07, 6.45) is -0.694. The molecule has 24 nitrogen and oxygen atoms in total. The van der Waals surface area contributed by atoms with Crippen molar-refractivity contribution in [3.8, 4) is 5.75 Å². The SMILES string of the molecule is CCC(C)[C@@H]1NC(=O)[C@H](Cc2ccc(O)cc2)NC(=O)[C@@H](N)CSSC[C@@H](C(=O)N2CCCC2C(=O)N[C@@H](CC(C)C)C(=O)NCC(N)=O)NC(=O)[C@H](CC(N)=O)NC(=O)[C@H](CCC(N)=O)NC1=O. The molecule has 69 heavy (non-hydrogen) atoms. The van der Waals surface area contributed by atoms with Crippen molar-refractivity contribution in [3.63, 3.8) is 0 Å². The van der Waals surface area contributed by atoms with Crippen LogP contribution in [-0.2, 0) is 59.2 Å². The van der Waals surface area contributed by atoms with Crippen molar-refractivity contribution in [3.05, 3.63) is 29.8 Å². The van der Waals surface area contributed by atoms with Crippen LogP contribution >= 0.6 is 21.6 Å².